The Morgan fingerprint density at radius 1 is 1.31 bits per heavy atom. The van der Waals surface area contributed by atoms with Crippen LogP contribution in [0.3, 0.4) is 0 Å². The van der Waals surface area contributed by atoms with Gasteiger partial charge in [0.1, 0.15) is 5.75 Å². The quantitative estimate of drug-likeness (QED) is 0.494. The van der Waals surface area contributed by atoms with Crippen molar-refractivity contribution in [2.75, 3.05) is 7.11 Å². The van der Waals surface area contributed by atoms with Gasteiger partial charge >= 0.3 is 0 Å². The normalized spacial score (nSPS) is 11.3. The van der Waals surface area contributed by atoms with E-state index in [-0.39, 0.29) is 5.38 Å². The van der Waals surface area contributed by atoms with Crippen molar-refractivity contribution in [3.8, 4) is 17.6 Å². The molecule has 0 radical (unpaired) electrons. The minimum Gasteiger partial charge on any atom is -0.497 e. The van der Waals surface area contributed by atoms with Gasteiger partial charge in [-0.25, -0.2) is 0 Å². The number of hydrogen-bond donors (Lipinski definition) is 0. The third kappa shape index (κ3) is 3.40. The SMILES string of the molecule is COc1ccc(C#CC(C)Cl)cc1. The molecule has 0 bridgehead atoms. The van der Waals surface area contributed by atoms with Gasteiger partial charge in [-0.1, -0.05) is 11.8 Å². The molecule has 68 valence electrons. The van der Waals surface area contributed by atoms with Crippen LogP contribution in [0.1, 0.15) is 12.5 Å². The van der Waals surface area contributed by atoms with Gasteiger partial charge in [0.2, 0.25) is 0 Å². The molecule has 0 N–H and O–H groups in total. The molecule has 0 aliphatic rings. The number of methoxy groups -OCH3 is 1. The van der Waals surface area contributed by atoms with Gasteiger partial charge in [0.15, 0.2) is 0 Å². The first-order chi connectivity index (χ1) is 6.22. The van der Waals surface area contributed by atoms with E-state index in [9.17, 15) is 0 Å². The van der Waals surface area contributed by atoms with Crippen LogP contribution in [0.2, 0.25) is 0 Å². The third-order valence-corrected chi connectivity index (χ3v) is 1.61. The highest BCUT2D eigenvalue weighted by atomic mass is 35.5. The molecular formula is C11H11ClO. The van der Waals surface area contributed by atoms with E-state index in [0.29, 0.717) is 0 Å². The first-order valence-electron chi connectivity index (χ1n) is 4.02. The number of ether oxygens (including phenoxy) is 1. The average Bonchev–Trinajstić information content (AvgIpc) is 2.15. The van der Waals surface area contributed by atoms with Crippen LogP contribution in [0.5, 0.6) is 5.75 Å². The van der Waals surface area contributed by atoms with Gasteiger partial charge in [-0.3, -0.25) is 0 Å². The molecule has 13 heavy (non-hydrogen) atoms. The number of rotatable bonds is 1. The van der Waals surface area contributed by atoms with Crippen molar-refractivity contribution in [2.24, 2.45) is 0 Å². The van der Waals surface area contributed by atoms with Crippen molar-refractivity contribution in [3.05, 3.63) is 29.8 Å². The molecule has 0 heterocycles. The van der Waals surface area contributed by atoms with Gasteiger partial charge < -0.3 is 4.74 Å². The zero-order valence-electron chi connectivity index (χ0n) is 7.67. The van der Waals surface area contributed by atoms with Gasteiger partial charge in [0, 0.05) is 5.56 Å². The predicted octanol–water partition coefficient (Wildman–Crippen LogP) is 2.67. The summed E-state index contributed by atoms with van der Waals surface area (Å²) < 4.78 is 5.02. The summed E-state index contributed by atoms with van der Waals surface area (Å²) in [6.45, 7) is 1.85. The van der Waals surface area contributed by atoms with Gasteiger partial charge in [-0.15, -0.1) is 11.6 Å². The smallest absolute Gasteiger partial charge is 0.118 e. The summed E-state index contributed by atoms with van der Waals surface area (Å²) in [5.41, 5.74) is 0.952. The summed E-state index contributed by atoms with van der Waals surface area (Å²) in [5.74, 6) is 6.67. The molecule has 0 aliphatic carbocycles. The third-order valence-electron chi connectivity index (χ3n) is 1.51. The summed E-state index contributed by atoms with van der Waals surface area (Å²) in [5, 5.41) is -0.109. The van der Waals surface area contributed by atoms with E-state index >= 15 is 0 Å². The topological polar surface area (TPSA) is 9.23 Å². The predicted molar refractivity (Wildman–Crippen MR) is 55.2 cm³/mol. The monoisotopic (exact) mass is 194 g/mol. The van der Waals surface area contributed by atoms with E-state index in [4.69, 9.17) is 16.3 Å². The molecule has 0 aromatic heterocycles. The molecule has 1 atom stereocenters. The Balaban J connectivity index is 2.77. The maximum Gasteiger partial charge on any atom is 0.118 e. The molecule has 2 heteroatoms. The lowest BCUT2D eigenvalue weighted by Gasteiger charge is -1.97. The number of halogens is 1. The second kappa shape index (κ2) is 4.79. The molecule has 1 aromatic carbocycles. The van der Waals surface area contributed by atoms with Crippen LogP contribution < -0.4 is 4.74 Å². The Kier molecular flexibility index (Phi) is 3.67. The highest BCUT2D eigenvalue weighted by Crippen LogP contribution is 2.10. The largest absolute Gasteiger partial charge is 0.497 e. The number of benzene rings is 1. The Labute approximate surface area is 83.7 Å². The molecule has 1 unspecified atom stereocenters. The molecule has 0 saturated carbocycles. The van der Waals surface area contributed by atoms with Crippen molar-refractivity contribution < 1.29 is 4.74 Å². The van der Waals surface area contributed by atoms with Crippen molar-refractivity contribution in [2.45, 2.75) is 12.3 Å². The lowest BCUT2D eigenvalue weighted by atomic mass is 10.2. The van der Waals surface area contributed by atoms with Gasteiger partial charge in [0.05, 0.1) is 12.5 Å². The molecule has 0 fully saturated rings. The zero-order chi connectivity index (χ0) is 9.68. The first kappa shape index (κ1) is 9.95. The van der Waals surface area contributed by atoms with Crippen molar-refractivity contribution in [1.82, 2.24) is 0 Å². The van der Waals surface area contributed by atoms with Gasteiger partial charge in [0.25, 0.3) is 0 Å². The minimum atomic E-state index is -0.109. The zero-order valence-corrected chi connectivity index (χ0v) is 8.43. The van der Waals surface area contributed by atoms with E-state index in [1.807, 2.05) is 31.2 Å². The summed E-state index contributed by atoms with van der Waals surface area (Å²) >= 11 is 5.69. The fourth-order valence-corrected chi connectivity index (χ4v) is 0.912. The van der Waals surface area contributed by atoms with E-state index in [0.717, 1.165) is 11.3 Å². The van der Waals surface area contributed by atoms with Crippen LogP contribution in [0.4, 0.5) is 0 Å². The lowest BCUT2D eigenvalue weighted by Crippen LogP contribution is -1.84. The second-order valence-electron chi connectivity index (χ2n) is 2.61. The number of alkyl halides is 1. The van der Waals surface area contributed by atoms with E-state index in [2.05, 4.69) is 11.8 Å². The van der Waals surface area contributed by atoms with Crippen molar-refractivity contribution in [1.29, 1.82) is 0 Å². The molecule has 1 nitrogen and oxygen atoms in total. The number of hydrogen-bond acceptors (Lipinski definition) is 1. The van der Waals surface area contributed by atoms with Crippen LogP contribution >= 0.6 is 11.6 Å². The first-order valence-corrected chi connectivity index (χ1v) is 4.45. The average molecular weight is 195 g/mol. The fourth-order valence-electron chi connectivity index (χ4n) is 0.857. The molecule has 1 rings (SSSR count). The highest BCUT2D eigenvalue weighted by Gasteiger charge is 1.90. The van der Waals surface area contributed by atoms with Crippen LogP contribution in [-0.2, 0) is 0 Å². The molecular weight excluding hydrogens is 184 g/mol. The Bertz CT molecular complexity index is 316. The minimum absolute atomic E-state index is 0.109. The fraction of sp³-hybridized carbons (Fsp3) is 0.273. The van der Waals surface area contributed by atoms with E-state index in [1.54, 1.807) is 7.11 Å². The molecule has 1 aromatic rings. The van der Waals surface area contributed by atoms with Gasteiger partial charge in [-0.2, -0.15) is 0 Å². The summed E-state index contributed by atoms with van der Waals surface area (Å²) in [6, 6.07) is 7.57. The lowest BCUT2D eigenvalue weighted by molar-refractivity contribution is 0.415. The van der Waals surface area contributed by atoms with Crippen LogP contribution in [0.15, 0.2) is 24.3 Å². The van der Waals surface area contributed by atoms with Crippen molar-refractivity contribution >= 4 is 11.6 Å². The van der Waals surface area contributed by atoms with E-state index < -0.39 is 0 Å². The summed E-state index contributed by atoms with van der Waals surface area (Å²) in [7, 11) is 1.64. The van der Waals surface area contributed by atoms with Gasteiger partial charge in [-0.05, 0) is 31.2 Å². The Morgan fingerprint density at radius 3 is 2.38 bits per heavy atom. The Hall–Kier alpha value is -1.13. The van der Waals surface area contributed by atoms with Crippen LogP contribution in [0, 0.1) is 11.8 Å². The molecule has 0 spiro atoms. The standard InChI is InChI=1S/C11H11ClO/c1-9(12)3-4-10-5-7-11(13-2)8-6-10/h5-9H,1-2H3. The maximum atomic E-state index is 5.69. The molecule has 0 amide bonds. The second-order valence-corrected chi connectivity index (χ2v) is 3.27. The van der Waals surface area contributed by atoms with Crippen LogP contribution in [-0.4, -0.2) is 12.5 Å². The molecule has 0 saturated heterocycles. The maximum absolute atomic E-state index is 5.69. The summed E-state index contributed by atoms with van der Waals surface area (Å²) in [6.07, 6.45) is 0. The molecule has 0 aliphatic heterocycles. The highest BCUT2D eigenvalue weighted by molar-refractivity contribution is 6.22. The van der Waals surface area contributed by atoms with Crippen LogP contribution in [0.25, 0.3) is 0 Å². The van der Waals surface area contributed by atoms with Crippen molar-refractivity contribution in [3.63, 3.8) is 0 Å². The van der Waals surface area contributed by atoms with E-state index in [1.165, 1.54) is 0 Å². The Morgan fingerprint density at radius 2 is 1.92 bits per heavy atom. The summed E-state index contributed by atoms with van der Waals surface area (Å²) in [4.78, 5) is 0.